The second-order valence-corrected chi connectivity index (χ2v) is 9.83. The molecule has 1 aliphatic heterocycles. The summed E-state index contributed by atoms with van der Waals surface area (Å²) in [6, 6.07) is 11.4. The molecule has 1 saturated heterocycles. The molecule has 0 aromatic heterocycles. The van der Waals surface area contributed by atoms with Crippen molar-refractivity contribution in [1.82, 2.24) is 4.90 Å². The van der Waals surface area contributed by atoms with Gasteiger partial charge in [-0.15, -0.1) is 6.58 Å². The first-order chi connectivity index (χ1) is 16.7. The molecule has 1 fully saturated rings. The zero-order chi connectivity index (χ0) is 25.5. The molecule has 2 aromatic rings. The van der Waals surface area contributed by atoms with Crippen LogP contribution in [0.1, 0.15) is 30.5 Å². The lowest BCUT2D eigenvalue weighted by Crippen LogP contribution is -2.35. The van der Waals surface area contributed by atoms with E-state index in [0.717, 1.165) is 32.3 Å². The van der Waals surface area contributed by atoms with Gasteiger partial charge in [0.15, 0.2) is 11.5 Å². The van der Waals surface area contributed by atoms with Gasteiger partial charge >= 0.3 is 5.97 Å². The summed E-state index contributed by atoms with van der Waals surface area (Å²) in [6.07, 6.45) is 3.53. The van der Waals surface area contributed by atoms with Crippen LogP contribution in [0, 0.1) is 0 Å². The number of amides is 2. The van der Waals surface area contributed by atoms with E-state index in [-0.39, 0.29) is 11.0 Å². The van der Waals surface area contributed by atoms with E-state index in [0.29, 0.717) is 30.1 Å². The molecule has 0 spiro atoms. The molecule has 9 heteroatoms. The van der Waals surface area contributed by atoms with Crippen LogP contribution in [0.15, 0.2) is 58.4 Å². The van der Waals surface area contributed by atoms with E-state index in [4.69, 9.17) is 14.2 Å². The first-order valence-corrected chi connectivity index (χ1v) is 12.5. The van der Waals surface area contributed by atoms with E-state index < -0.39 is 23.7 Å². The number of imide groups is 1. The lowest BCUT2D eigenvalue weighted by Gasteiger charge is -2.16. The molecule has 0 saturated carbocycles. The van der Waals surface area contributed by atoms with Crippen LogP contribution in [-0.4, -0.2) is 41.8 Å². The Morgan fingerprint density at radius 1 is 1.20 bits per heavy atom. The third-order valence-electron chi connectivity index (χ3n) is 4.86. The van der Waals surface area contributed by atoms with Crippen molar-refractivity contribution < 1.29 is 28.6 Å². The van der Waals surface area contributed by atoms with Gasteiger partial charge < -0.3 is 14.2 Å². The Bertz CT molecular complexity index is 1160. The molecule has 0 unspecified atom stereocenters. The third-order valence-corrected chi connectivity index (χ3v) is 6.30. The fourth-order valence-electron chi connectivity index (χ4n) is 3.34. The number of benzene rings is 2. The quantitative estimate of drug-likeness (QED) is 0.208. The number of allylic oxidation sites excluding steroid dienone is 1. The summed E-state index contributed by atoms with van der Waals surface area (Å²) >= 11 is 4.20. The summed E-state index contributed by atoms with van der Waals surface area (Å²) < 4.78 is 17.7. The van der Waals surface area contributed by atoms with Crippen molar-refractivity contribution in [3.8, 4) is 11.5 Å². The van der Waals surface area contributed by atoms with Crippen LogP contribution in [0.3, 0.4) is 0 Å². The lowest BCUT2D eigenvalue weighted by atomic mass is 10.0. The second-order valence-electron chi connectivity index (χ2n) is 7.93. The summed E-state index contributed by atoms with van der Waals surface area (Å²) in [5, 5.41) is -0.519. The summed E-state index contributed by atoms with van der Waals surface area (Å²) in [6.45, 7) is 7.15. The molecule has 0 aliphatic carbocycles. The minimum absolute atomic E-state index is 0.211. The number of thioether (sulfide) groups is 1. The van der Waals surface area contributed by atoms with Crippen LogP contribution in [0.5, 0.6) is 11.5 Å². The van der Waals surface area contributed by atoms with Crippen LogP contribution < -0.4 is 9.47 Å². The van der Waals surface area contributed by atoms with Crippen molar-refractivity contribution in [2.75, 3.05) is 13.7 Å². The monoisotopic (exact) mass is 559 g/mol. The molecule has 0 N–H and O–H groups in total. The maximum Gasteiger partial charge on any atom is 0.326 e. The Labute approximate surface area is 217 Å². The van der Waals surface area contributed by atoms with Gasteiger partial charge in [0, 0.05) is 10.0 Å². The van der Waals surface area contributed by atoms with Gasteiger partial charge in [-0.3, -0.25) is 19.3 Å². The largest absolute Gasteiger partial charge is 0.493 e. The molecular weight excluding hydrogens is 534 g/mol. The number of carbonyl (C=O) groups is 3. The molecule has 0 bridgehead atoms. The number of rotatable bonds is 10. The van der Waals surface area contributed by atoms with Gasteiger partial charge in [0.25, 0.3) is 11.1 Å². The number of ether oxygens (including phenoxy) is 3. The molecule has 1 aliphatic rings. The van der Waals surface area contributed by atoms with Gasteiger partial charge in [-0.1, -0.05) is 34.1 Å². The number of carbonyl (C=O) groups excluding carboxylic acids is 3. The van der Waals surface area contributed by atoms with Gasteiger partial charge in [-0.25, -0.2) is 0 Å². The Morgan fingerprint density at radius 2 is 1.91 bits per heavy atom. The Hall–Kier alpha value is -3.04. The Balaban J connectivity index is 1.85. The van der Waals surface area contributed by atoms with Crippen molar-refractivity contribution in [1.29, 1.82) is 0 Å². The highest BCUT2D eigenvalue weighted by Crippen LogP contribution is 2.37. The lowest BCUT2D eigenvalue weighted by molar-refractivity contribution is -0.149. The van der Waals surface area contributed by atoms with Gasteiger partial charge in [0.05, 0.1) is 18.1 Å². The molecule has 184 valence electrons. The highest BCUT2D eigenvalue weighted by Gasteiger charge is 2.36. The zero-order valence-electron chi connectivity index (χ0n) is 19.7. The minimum Gasteiger partial charge on any atom is -0.493 e. The molecule has 2 amide bonds. The number of nitrogens with zero attached hydrogens (tertiary/aromatic N) is 1. The first-order valence-electron chi connectivity index (χ1n) is 10.9. The molecular formula is C26H26BrNO6S. The molecule has 1 heterocycles. The van der Waals surface area contributed by atoms with Crippen LogP contribution in [0.25, 0.3) is 6.08 Å². The van der Waals surface area contributed by atoms with E-state index in [2.05, 4.69) is 22.5 Å². The van der Waals surface area contributed by atoms with E-state index in [1.165, 1.54) is 7.11 Å². The average Bonchev–Trinajstić information content (AvgIpc) is 3.06. The highest BCUT2D eigenvalue weighted by atomic mass is 79.9. The van der Waals surface area contributed by atoms with Crippen molar-refractivity contribution in [3.63, 3.8) is 0 Å². The third kappa shape index (κ3) is 6.99. The van der Waals surface area contributed by atoms with Gasteiger partial charge in [-0.2, -0.15) is 0 Å². The molecule has 0 radical (unpaired) electrons. The van der Waals surface area contributed by atoms with E-state index in [1.54, 1.807) is 32.1 Å². The summed E-state index contributed by atoms with van der Waals surface area (Å²) in [5.74, 6) is -0.101. The van der Waals surface area contributed by atoms with Gasteiger partial charge in [-0.05, 0) is 73.5 Å². The molecule has 35 heavy (non-hydrogen) atoms. The van der Waals surface area contributed by atoms with E-state index in [1.807, 2.05) is 30.3 Å². The normalized spacial score (nSPS) is 14.5. The minimum atomic E-state index is -0.634. The van der Waals surface area contributed by atoms with E-state index in [9.17, 15) is 14.4 Å². The molecule has 0 atom stereocenters. The maximum absolute atomic E-state index is 12.8. The van der Waals surface area contributed by atoms with E-state index >= 15 is 0 Å². The van der Waals surface area contributed by atoms with Crippen LogP contribution in [0.2, 0.25) is 0 Å². The summed E-state index contributed by atoms with van der Waals surface area (Å²) in [4.78, 5) is 38.2. The van der Waals surface area contributed by atoms with Crippen molar-refractivity contribution >= 4 is 50.9 Å². The van der Waals surface area contributed by atoms with Crippen molar-refractivity contribution in [2.45, 2.75) is 33.0 Å². The number of hydrogen-bond donors (Lipinski definition) is 0. The Morgan fingerprint density at radius 3 is 2.54 bits per heavy atom. The number of hydrogen-bond acceptors (Lipinski definition) is 7. The smallest absolute Gasteiger partial charge is 0.326 e. The second kappa shape index (κ2) is 12.1. The predicted molar refractivity (Wildman–Crippen MR) is 139 cm³/mol. The average molecular weight is 560 g/mol. The van der Waals surface area contributed by atoms with Crippen LogP contribution in [-0.2, 0) is 27.4 Å². The Kier molecular flexibility index (Phi) is 9.17. The molecule has 2 aromatic carbocycles. The molecule has 3 rings (SSSR count). The topological polar surface area (TPSA) is 82.1 Å². The maximum atomic E-state index is 12.8. The standard InChI is InChI=1S/C26H26BrNO6S/c1-5-6-19-11-18(12-21(32-4)24(19)33-15-17-7-9-20(27)10-8-17)13-22-25(30)28(26(31)35-22)14-23(29)34-16(2)3/h5,7-13,16H,1,6,14-15H2,2-4H3/b22-13+. The SMILES string of the molecule is C=CCc1cc(/C=C2/SC(=O)N(CC(=O)OC(C)C)C2=O)cc(OC)c1OCc1ccc(Br)cc1. The summed E-state index contributed by atoms with van der Waals surface area (Å²) in [7, 11) is 1.54. The van der Waals surface area contributed by atoms with Crippen LogP contribution >= 0.6 is 27.7 Å². The predicted octanol–water partition coefficient (Wildman–Crippen LogP) is 5.75. The number of methoxy groups -OCH3 is 1. The van der Waals surface area contributed by atoms with Gasteiger partial charge in [0.2, 0.25) is 0 Å². The summed E-state index contributed by atoms with van der Waals surface area (Å²) in [5.41, 5.74) is 2.47. The van der Waals surface area contributed by atoms with Crippen LogP contribution in [0.4, 0.5) is 4.79 Å². The van der Waals surface area contributed by atoms with Crippen molar-refractivity contribution in [2.24, 2.45) is 0 Å². The number of halogens is 1. The fraction of sp³-hybridized carbons (Fsp3) is 0.269. The zero-order valence-corrected chi connectivity index (χ0v) is 22.1. The van der Waals surface area contributed by atoms with Gasteiger partial charge in [0.1, 0.15) is 13.2 Å². The highest BCUT2D eigenvalue weighted by molar-refractivity contribution is 9.10. The first kappa shape index (κ1) is 26.6. The molecule has 7 nitrogen and oxygen atoms in total. The fourth-order valence-corrected chi connectivity index (χ4v) is 4.45. The number of esters is 1. The van der Waals surface area contributed by atoms with Crippen molar-refractivity contribution in [3.05, 3.63) is 75.1 Å².